The second-order valence-corrected chi connectivity index (χ2v) is 8.43. The Hall–Kier alpha value is -2.20. The zero-order valence-electron chi connectivity index (χ0n) is 16.7. The number of anilines is 1. The maximum atomic E-state index is 13.5. The van der Waals surface area contributed by atoms with E-state index in [1.54, 1.807) is 6.07 Å². The summed E-state index contributed by atoms with van der Waals surface area (Å²) in [4.78, 5) is 15.2. The highest BCUT2D eigenvalue weighted by atomic mass is 19.1. The van der Waals surface area contributed by atoms with E-state index < -0.39 is 5.82 Å². The molecule has 1 heterocycles. The van der Waals surface area contributed by atoms with Crippen LogP contribution < -0.4 is 5.32 Å². The molecular formula is C24H29FN2O. The van der Waals surface area contributed by atoms with Crippen LogP contribution in [0.15, 0.2) is 42.5 Å². The molecule has 3 nitrogen and oxygen atoms in total. The number of amides is 1. The second-order valence-electron chi connectivity index (χ2n) is 8.43. The molecule has 3 atom stereocenters. The lowest BCUT2D eigenvalue weighted by molar-refractivity contribution is 0.102. The third-order valence-electron chi connectivity index (χ3n) is 6.56. The monoisotopic (exact) mass is 380 g/mol. The number of rotatable bonds is 4. The number of halogens is 1. The summed E-state index contributed by atoms with van der Waals surface area (Å²) in [7, 11) is 0. The van der Waals surface area contributed by atoms with Crippen LogP contribution in [0.4, 0.5) is 10.1 Å². The molecule has 1 N–H and O–H groups in total. The summed E-state index contributed by atoms with van der Waals surface area (Å²) in [6.45, 7) is 5.43. The number of carbonyl (C=O) groups excluding carboxylic acids is 1. The van der Waals surface area contributed by atoms with E-state index in [0.29, 0.717) is 11.5 Å². The summed E-state index contributed by atoms with van der Waals surface area (Å²) in [5.41, 5.74) is 3.25. The quantitative estimate of drug-likeness (QED) is 0.759. The van der Waals surface area contributed by atoms with Crippen molar-refractivity contribution < 1.29 is 9.18 Å². The van der Waals surface area contributed by atoms with Gasteiger partial charge in [-0.3, -0.25) is 9.69 Å². The van der Waals surface area contributed by atoms with Crippen molar-refractivity contribution in [2.45, 2.75) is 64.0 Å². The predicted molar refractivity (Wildman–Crippen MR) is 111 cm³/mol. The minimum Gasteiger partial charge on any atom is -0.322 e. The Bertz CT molecular complexity index is 848. The summed E-state index contributed by atoms with van der Waals surface area (Å²) in [6.07, 6.45) is 6.43. The van der Waals surface area contributed by atoms with E-state index in [1.165, 1.54) is 56.3 Å². The smallest absolute Gasteiger partial charge is 0.256 e. The molecule has 0 aromatic heterocycles. The number of carbonyl (C=O) groups is 1. The van der Waals surface area contributed by atoms with Crippen LogP contribution >= 0.6 is 0 Å². The van der Waals surface area contributed by atoms with Gasteiger partial charge in [0.2, 0.25) is 0 Å². The fraction of sp³-hybridized carbons (Fsp3) is 0.458. The second kappa shape index (κ2) is 8.04. The van der Waals surface area contributed by atoms with Crippen LogP contribution in [0.5, 0.6) is 0 Å². The number of likely N-dealkylation sites (tertiary alicyclic amines) is 1. The molecule has 28 heavy (non-hydrogen) atoms. The van der Waals surface area contributed by atoms with Gasteiger partial charge in [-0.05, 0) is 93.8 Å². The number of hydrogen-bond donors (Lipinski definition) is 1. The maximum Gasteiger partial charge on any atom is 0.256 e. The van der Waals surface area contributed by atoms with Crippen molar-refractivity contribution in [1.29, 1.82) is 0 Å². The van der Waals surface area contributed by atoms with Crippen molar-refractivity contribution >= 4 is 11.6 Å². The highest BCUT2D eigenvalue weighted by molar-refractivity contribution is 6.05. The lowest BCUT2D eigenvalue weighted by Gasteiger charge is -2.28. The molecule has 2 unspecified atom stereocenters. The zero-order chi connectivity index (χ0) is 19.7. The summed E-state index contributed by atoms with van der Waals surface area (Å²) in [6, 6.07) is 13.9. The SMILES string of the molecule is Cc1ccc(F)cc1C(=O)Nc1ccc([C@H]2CCC(N3CCCC3C)C2)cc1. The lowest BCUT2D eigenvalue weighted by atomic mass is 9.97. The van der Waals surface area contributed by atoms with E-state index in [4.69, 9.17) is 0 Å². The molecule has 1 saturated heterocycles. The van der Waals surface area contributed by atoms with E-state index >= 15 is 0 Å². The lowest BCUT2D eigenvalue weighted by Crippen LogP contribution is -2.35. The van der Waals surface area contributed by atoms with E-state index in [0.717, 1.165) is 23.3 Å². The van der Waals surface area contributed by atoms with Gasteiger partial charge in [0.05, 0.1) is 0 Å². The first kappa shape index (κ1) is 19.1. The van der Waals surface area contributed by atoms with Gasteiger partial charge in [-0.2, -0.15) is 0 Å². The van der Waals surface area contributed by atoms with Crippen LogP contribution in [0.3, 0.4) is 0 Å². The highest BCUT2D eigenvalue weighted by Gasteiger charge is 2.34. The van der Waals surface area contributed by atoms with Crippen LogP contribution in [0, 0.1) is 12.7 Å². The Morgan fingerprint density at radius 1 is 1.11 bits per heavy atom. The van der Waals surface area contributed by atoms with Crippen LogP contribution in [0.25, 0.3) is 0 Å². The van der Waals surface area contributed by atoms with Gasteiger partial charge < -0.3 is 5.32 Å². The van der Waals surface area contributed by atoms with Crippen molar-refractivity contribution in [3.8, 4) is 0 Å². The average Bonchev–Trinajstić information content (AvgIpc) is 3.33. The molecule has 0 radical (unpaired) electrons. The third kappa shape index (κ3) is 3.97. The van der Waals surface area contributed by atoms with Gasteiger partial charge in [-0.1, -0.05) is 18.2 Å². The molecule has 1 amide bonds. The van der Waals surface area contributed by atoms with Crippen molar-refractivity contribution in [3.05, 3.63) is 65.0 Å². The first-order valence-electron chi connectivity index (χ1n) is 10.4. The van der Waals surface area contributed by atoms with Crippen LogP contribution in [0.2, 0.25) is 0 Å². The number of benzene rings is 2. The standard InChI is InChI=1S/C24H29FN2O/c1-16-5-9-20(25)15-23(16)24(28)26-21-10-6-18(7-11-21)19-8-12-22(14-19)27-13-3-4-17(27)2/h5-7,9-11,15,17,19,22H,3-4,8,12-14H2,1-2H3,(H,26,28)/t17?,19-,22?/m0/s1. The third-order valence-corrected chi connectivity index (χ3v) is 6.56. The highest BCUT2D eigenvalue weighted by Crippen LogP contribution is 2.39. The molecule has 0 bridgehead atoms. The summed E-state index contributed by atoms with van der Waals surface area (Å²) >= 11 is 0. The average molecular weight is 381 g/mol. The van der Waals surface area contributed by atoms with E-state index in [9.17, 15) is 9.18 Å². The Kier molecular flexibility index (Phi) is 5.49. The summed E-state index contributed by atoms with van der Waals surface area (Å²) < 4.78 is 13.5. The van der Waals surface area contributed by atoms with E-state index in [1.807, 2.05) is 19.1 Å². The number of nitrogens with one attached hydrogen (secondary N) is 1. The summed E-state index contributed by atoms with van der Waals surface area (Å²) in [5.74, 6) is -0.0593. The van der Waals surface area contributed by atoms with Crippen molar-refractivity contribution in [2.24, 2.45) is 0 Å². The molecule has 2 fully saturated rings. The molecule has 2 aromatic carbocycles. The number of hydrogen-bond acceptors (Lipinski definition) is 2. The molecule has 1 aliphatic carbocycles. The van der Waals surface area contributed by atoms with Gasteiger partial charge in [-0.25, -0.2) is 4.39 Å². The number of aryl methyl sites for hydroxylation is 1. The molecular weight excluding hydrogens is 351 g/mol. The van der Waals surface area contributed by atoms with Crippen molar-refractivity contribution in [1.82, 2.24) is 4.90 Å². The fourth-order valence-electron chi connectivity index (χ4n) is 4.94. The molecule has 1 aliphatic heterocycles. The van der Waals surface area contributed by atoms with Gasteiger partial charge >= 0.3 is 0 Å². The Labute approximate surface area is 166 Å². The van der Waals surface area contributed by atoms with Gasteiger partial charge in [0.25, 0.3) is 5.91 Å². The van der Waals surface area contributed by atoms with E-state index in [-0.39, 0.29) is 5.91 Å². The van der Waals surface area contributed by atoms with Gasteiger partial charge in [-0.15, -0.1) is 0 Å². The van der Waals surface area contributed by atoms with Gasteiger partial charge in [0.15, 0.2) is 0 Å². The normalized spacial score (nSPS) is 25.2. The first-order valence-corrected chi connectivity index (χ1v) is 10.4. The molecule has 1 saturated carbocycles. The summed E-state index contributed by atoms with van der Waals surface area (Å²) in [5, 5.41) is 2.89. The molecule has 148 valence electrons. The van der Waals surface area contributed by atoms with Crippen LogP contribution in [-0.4, -0.2) is 29.4 Å². The van der Waals surface area contributed by atoms with Crippen molar-refractivity contribution in [3.63, 3.8) is 0 Å². The first-order chi connectivity index (χ1) is 13.5. The zero-order valence-corrected chi connectivity index (χ0v) is 16.7. The van der Waals surface area contributed by atoms with E-state index in [2.05, 4.69) is 29.3 Å². The predicted octanol–water partition coefficient (Wildman–Crippen LogP) is 5.51. The molecule has 4 heteroatoms. The fourth-order valence-corrected chi connectivity index (χ4v) is 4.94. The van der Waals surface area contributed by atoms with Crippen LogP contribution in [0.1, 0.15) is 66.4 Å². The van der Waals surface area contributed by atoms with Gasteiger partial charge in [0, 0.05) is 23.3 Å². The topological polar surface area (TPSA) is 32.3 Å². The van der Waals surface area contributed by atoms with Crippen molar-refractivity contribution in [2.75, 3.05) is 11.9 Å². The molecule has 4 rings (SSSR count). The molecule has 2 aliphatic rings. The number of nitrogens with zero attached hydrogens (tertiary/aromatic N) is 1. The molecule has 0 spiro atoms. The Morgan fingerprint density at radius 3 is 2.61 bits per heavy atom. The minimum absolute atomic E-state index is 0.270. The largest absolute Gasteiger partial charge is 0.322 e. The Morgan fingerprint density at radius 2 is 1.89 bits per heavy atom. The van der Waals surface area contributed by atoms with Gasteiger partial charge in [0.1, 0.15) is 5.82 Å². The maximum absolute atomic E-state index is 13.5. The van der Waals surface area contributed by atoms with Crippen LogP contribution in [-0.2, 0) is 0 Å². The minimum atomic E-state index is -0.394. The Balaban J connectivity index is 1.39. The molecule has 2 aromatic rings.